The van der Waals surface area contributed by atoms with Gasteiger partial charge in [0.25, 0.3) is 0 Å². The molecule has 86 heavy (non-hydrogen) atoms. The Kier molecular flexibility index (Phi) is 15.9. The molecule has 2 aromatic heterocycles. The summed E-state index contributed by atoms with van der Waals surface area (Å²) in [6, 6.07) is 106. The van der Waals surface area contributed by atoms with E-state index in [1.807, 2.05) is 66.7 Å². The first-order valence-electron chi connectivity index (χ1n) is 28.9. The van der Waals surface area contributed by atoms with Crippen LogP contribution in [0.5, 0.6) is 23.0 Å². The van der Waals surface area contributed by atoms with Crippen LogP contribution in [0.3, 0.4) is 0 Å². The van der Waals surface area contributed by atoms with Crippen LogP contribution >= 0.6 is 0 Å². The molecule has 11 aromatic carbocycles. The van der Waals surface area contributed by atoms with Gasteiger partial charge in [0.2, 0.25) is 0 Å². The number of aromatic nitrogens is 2. The van der Waals surface area contributed by atoms with Crippen LogP contribution in [0.4, 0.5) is 34.1 Å². The number of anilines is 6. The van der Waals surface area contributed by atoms with E-state index in [0.29, 0.717) is 34.3 Å². The van der Waals surface area contributed by atoms with Crippen molar-refractivity contribution < 1.29 is 31.9 Å². The van der Waals surface area contributed by atoms with E-state index in [0.717, 1.165) is 84.0 Å². The van der Waals surface area contributed by atoms with Crippen molar-refractivity contribution >= 4 is 55.9 Å². The van der Waals surface area contributed by atoms with Gasteiger partial charge in [0.05, 0.1) is 5.75 Å². The molecule has 0 spiro atoms. The summed E-state index contributed by atoms with van der Waals surface area (Å²) in [6.45, 7) is 13.7. The third kappa shape index (κ3) is 12.0. The monoisotopic (exact) mass is 1300 g/mol. The number of benzene rings is 11. The fraction of sp³-hybridized carbons (Fsp3) is 0.101. The van der Waals surface area contributed by atoms with E-state index in [-0.39, 0.29) is 33.2 Å². The molecule has 0 unspecified atom stereocenters. The van der Waals surface area contributed by atoms with Gasteiger partial charge in [-0.05, 0) is 147 Å². The Hall–Kier alpha value is -9.69. The number of pyridine rings is 1. The van der Waals surface area contributed by atoms with Crippen LogP contribution in [0.15, 0.2) is 273 Å². The fourth-order valence-electron chi connectivity index (χ4n) is 11.1. The second-order valence-electron chi connectivity index (χ2n) is 23.5. The molecule has 0 atom stereocenters. The Morgan fingerprint density at radius 3 is 1.33 bits per heavy atom. The molecule has 13 aromatic rings. The Morgan fingerprint density at radius 2 is 0.860 bits per heavy atom. The van der Waals surface area contributed by atoms with Crippen molar-refractivity contribution in [1.82, 2.24) is 9.55 Å². The first kappa shape index (κ1) is 56.8. The minimum absolute atomic E-state index is 0. The van der Waals surface area contributed by atoms with Gasteiger partial charge in [-0.15, -0.1) is 53.6 Å². The van der Waals surface area contributed by atoms with E-state index in [1.165, 1.54) is 11.1 Å². The van der Waals surface area contributed by atoms with Crippen LogP contribution in [0.2, 0.25) is 0 Å². The Morgan fingerprint density at radius 1 is 0.384 bits per heavy atom. The normalized spacial score (nSPS) is 11.5. The molecule has 0 saturated heterocycles. The molecule has 2 heterocycles. The number of nitrogens with zero attached hydrogens (tertiary/aromatic N) is 4. The average Bonchev–Trinajstić information content (AvgIpc) is 1.89. The minimum atomic E-state index is -0.0990. The van der Waals surface area contributed by atoms with E-state index >= 15 is 0 Å². The average molecular weight is 1300 g/mol. The number of ether oxygens (including phenoxy) is 2. The van der Waals surface area contributed by atoms with Crippen LogP contribution in [0, 0.1) is 18.2 Å². The molecule has 0 aliphatic rings. The third-order valence-corrected chi connectivity index (χ3v) is 15.4. The molecule has 0 bridgehead atoms. The summed E-state index contributed by atoms with van der Waals surface area (Å²) in [7, 11) is 0. The largest absolute Gasteiger partial charge is 3.00 e. The van der Waals surface area contributed by atoms with Crippen molar-refractivity contribution in [2.24, 2.45) is 0 Å². The minimum Gasteiger partial charge on any atom is -0.503 e. The molecule has 7 heteroatoms. The smallest absolute Gasteiger partial charge is 0.503 e. The second kappa shape index (κ2) is 24.1. The van der Waals surface area contributed by atoms with E-state index in [2.05, 4.69) is 280 Å². The van der Waals surface area contributed by atoms with Crippen molar-refractivity contribution in [3.63, 3.8) is 0 Å². The number of rotatable bonds is 14. The van der Waals surface area contributed by atoms with Gasteiger partial charge in [-0.1, -0.05) is 175 Å². The Bertz CT molecular complexity index is 4150. The van der Waals surface area contributed by atoms with Crippen LogP contribution in [0.1, 0.15) is 52.7 Å². The Balaban J connectivity index is 0.00000724. The molecule has 0 saturated carbocycles. The van der Waals surface area contributed by atoms with Crippen LogP contribution in [-0.2, 0) is 33.2 Å². The number of hydrogen-bond donors (Lipinski definition) is 0. The summed E-state index contributed by atoms with van der Waals surface area (Å²) in [5.74, 6) is 2.34. The predicted molar refractivity (Wildman–Crippen MR) is 351 cm³/mol. The molecule has 0 aliphatic carbocycles. The third-order valence-electron chi connectivity index (χ3n) is 15.4. The summed E-state index contributed by atoms with van der Waals surface area (Å²) in [5.41, 5.74) is 17.0. The number of para-hydroxylation sites is 6. The number of hydrogen-bond acceptors (Lipinski definition) is 5. The van der Waals surface area contributed by atoms with Gasteiger partial charge in [-0.3, -0.25) is 0 Å². The van der Waals surface area contributed by atoms with Crippen molar-refractivity contribution in [2.75, 3.05) is 9.80 Å². The first-order chi connectivity index (χ1) is 41.4. The van der Waals surface area contributed by atoms with E-state index < -0.39 is 0 Å². The zero-order valence-electron chi connectivity index (χ0n) is 48.9. The SMILES string of the molecule is CC(C)(C)c1cc(-c2cc(-c3[c-]cc(-n4c5ccc(N(c6ccccc6)c6ccccc6)cc5c5cc(N(c6ccccc6)c6ccccc6)ccc54)cc3)nc(-c3[c-]c(Oc4[c-]cccc4)cc(Oc4ccccc4)c3)c2)cc(C(C)(C)C)c1.[Au+3]. The molecule has 0 aliphatic heterocycles. The molecule has 0 fully saturated rings. The van der Waals surface area contributed by atoms with Crippen molar-refractivity contribution in [2.45, 2.75) is 52.4 Å². The Labute approximate surface area is 520 Å². The van der Waals surface area contributed by atoms with Gasteiger partial charge in [-0.2, -0.15) is 18.2 Å². The van der Waals surface area contributed by atoms with Gasteiger partial charge in [0.1, 0.15) is 5.75 Å². The van der Waals surface area contributed by atoms with Crippen molar-refractivity contribution in [3.05, 3.63) is 302 Å². The molecular formula is C79H63AuN4O2. The summed E-state index contributed by atoms with van der Waals surface area (Å²) < 4.78 is 15.3. The molecule has 422 valence electrons. The quantitative estimate of drug-likeness (QED) is 0.0802. The van der Waals surface area contributed by atoms with Crippen molar-refractivity contribution in [1.29, 1.82) is 0 Å². The van der Waals surface area contributed by atoms with E-state index in [9.17, 15) is 0 Å². The summed E-state index contributed by atoms with van der Waals surface area (Å²) in [4.78, 5) is 10.1. The zero-order valence-corrected chi connectivity index (χ0v) is 51.1. The van der Waals surface area contributed by atoms with E-state index in [1.54, 1.807) is 0 Å². The maximum atomic E-state index is 6.53. The summed E-state index contributed by atoms with van der Waals surface area (Å²) in [6.07, 6.45) is 0. The van der Waals surface area contributed by atoms with Crippen LogP contribution < -0.4 is 19.3 Å². The van der Waals surface area contributed by atoms with Gasteiger partial charge >= 0.3 is 22.4 Å². The van der Waals surface area contributed by atoms with Crippen LogP contribution in [-0.4, -0.2) is 9.55 Å². The van der Waals surface area contributed by atoms with Crippen LogP contribution in [0.25, 0.3) is 61.1 Å². The van der Waals surface area contributed by atoms with Gasteiger partial charge in [-0.25, -0.2) is 0 Å². The van der Waals surface area contributed by atoms with Crippen molar-refractivity contribution in [3.8, 4) is 62.3 Å². The predicted octanol–water partition coefficient (Wildman–Crippen LogP) is 21.7. The number of fused-ring (bicyclic) bond motifs is 3. The molecule has 0 radical (unpaired) electrons. The standard InChI is InChI=1S/C79H63N4O2.Au/c1-78(2,3)59-45-56(46-60(51-59)79(4,5)6)57-49-74(80-75(50-57)58-47-70(84-68-33-21-11-22-34-68)54-71(48-58)85-69-35-23-12-24-36-69)55-37-39-65(40-38-55)83-76-43-41-66(81(61-25-13-7-14-26-61)62-27-15-8-16-28-62)52-72(76)73-53-67(42-44-77(73)83)82(63-29-17-9-18-30-63)64-31-19-10-20-32-64;/h7-35,37,39-47,49-54H,1-6H3;/q-3;+3. The first-order valence-corrected chi connectivity index (χ1v) is 28.9. The van der Waals surface area contributed by atoms with Gasteiger partial charge in [0.15, 0.2) is 0 Å². The summed E-state index contributed by atoms with van der Waals surface area (Å²) >= 11 is 0. The maximum absolute atomic E-state index is 6.53. The molecular weight excluding hydrogens is 1230 g/mol. The molecule has 13 rings (SSSR count). The van der Waals surface area contributed by atoms with Gasteiger partial charge in [0, 0.05) is 67.4 Å². The second-order valence-corrected chi connectivity index (χ2v) is 23.5. The maximum Gasteiger partial charge on any atom is 3.00 e. The molecule has 6 nitrogen and oxygen atoms in total. The zero-order chi connectivity index (χ0) is 58.1. The topological polar surface area (TPSA) is 42.8 Å². The van der Waals surface area contributed by atoms with Gasteiger partial charge < -0.3 is 28.8 Å². The fourth-order valence-corrected chi connectivity index (χ4v) is 11.1. The summed E-state index contributed by atoms with van der Waals surface area (Å²) in [5, 5.41) is 2.23. The molecule has 0 amide bonds. The van der Waals surface area contributed by atoms with E-state index in [4.69, 9.17) is 14.5 Å². The molecule has 0 N–H and O–H groups in total.